The molecular weight excluding hydrogens is 291 g/mol. The number of rotatable bonds is 3. The summed E-state index contributed by atoms with van der Waals surface area (Å²) in [6, 6.07) is 1.32. The van der Waals surface area contributed by atoms with Crippen LogP contribution in [0.1, 0.15) is 22.7 Å². The van der Waals surface area contributed by atoms with Gasteiger partial charge in [0.2, 0.25) is 0 Å². The minimum Gasteiger partial charge on any atom is -0.271 e. The van der Waals surface area contributed by atoms with E-state index in [0.717, 1.165) is 6.07 Å². The minimum absolute atomic E-state index is 0.0783. The summed E-state index contributed by atoms with van der Waals surface area (Å²) < 4.78 is 68.4. The van der Waals surface area contributed by atoms with Gasteiger partial charge in [0, 0.05) is 23.3 Å². The first kappa shape index (κ1) is 15.4. The highest BCUT2D eigenvalue weighted by molar-refractivity contribution is 5.37. The van der Waals surface area contributed by atoms with Crippen molar-refractivity contribution in [2.75, 3.05) is 0 Å². The molecule has 0 aliphatic carbocycles. The molecule has 21 heavy (non-hydrogen) atoms. The number of aryl methyl sites for hydroxylation is 1. The first-order valence-electron chi connectivity index (χ1n) is 5.91. The van der Waals surface area contributed by atoms with Gasteiger partial charge >= 0.3 is 0 Å². The zero-order chi connectivity index (χ0) is 15.7. The first-order chi connectivity index (χ1) is 9.86. The second kappa shape index (κ2) is 5.79. The number of benzene rings is 2. The van der Waals surface area contributed by atoms with Gasteiger partial charge in [0.05, 0.1) is 6.04 Å². The fourth-order valence-corrected chi connectivity index (χ4v) is 2.08. The van der Waals surface area contributed by atoms with Crippen LogP contribution in [0.2, 0.25) is 0 Å². The van der Waals surface area contributed by atoms with Crippen molar-refractivity contribution in [2.45, 2.75) is 13.0 Å². The van der Waals surface area contributed by atoms with Crippen LogP contribution in [-0.4, -0.2) is 0 Å². The van der Waals surface area contributed by atoms with E-state index in [1.54, 1.807) is 0 Å². The Bertz CT molecular complexity index is 664. The number of nitrogens with two attached hydrogens (primary N) is 1. The van der Waals surface area contributed by atoms with E-state index in [4.69, 9.17) is 5.84 Å². The molecule has 0 saturated heterocycles. The van der Waals surface area contributed by atoms with Crippen molar-refractivity contribution in [3.05, 3.63) is 70.0 Å². The Hall–Kier alpha value is -1.99. The lowest BCUT2D eigenvalue weighted by Gasteiger charge is -2.20. The first-order valence-corrected chi connectivity index (χ1v) is 5.91. The highest BCUT2D eigenvalue weighted by Crippen LogP contribution is 2.31. The molecule has 2 nitrogen and oxygen atoms in total. The molecule has 0 aromatic heterocycles. The maximum Gasteiger partial charge on any atom is 0.134 e. The number of halogens is 5. The predicted octanol–water partition coefficient (Wildman–Crippen LogP) is 3.24. The van der Waals surface area contributed by atoms with E-state index in [-0.39, 0.29) is 5.56 Å². The average Bonchev–Trinajstić information content (AvgIpc) is 2.40. The van der Waals surface area contributed by atoms with Crippen molar-refractivity contribution in [1.82, 2.24) is 5.43 Å². The standard InChI is InChI=1S/C14H11F5N2/c1-6-2-3-8(16)12(13(6)19)14(21-20)11-9(17)4-7(15)5-10(11)18/h2-5,14,21H,20H2,1H3. The minimum atomic E-state index is -1.63. The van der Waals surface area contributed by atoms with Crippen molar-refractivity contribution in [2.24, 2.45) is 5.84 Å². The van der Waals surface area contributed by atoms with Crippen LogP contribution in [0, 0.1) is 36.0 Å². The average molecular weight is 302 g/mol. The Morgan fingerprint density at radius 1 is 0.905 bits per heavy atom. The van der Waals surface area contributed by atoms with Crippen LogP contribution in [0.15, 0.2) is 24.3 Å². The highest BCUT2D eigenvalue weighted by atomic mass is 19.2. The van der Waals surface area contributed by atoms with Gasteiger partial charge in [-0.25, -0.2) is 27.4 Å². The topological polar surface area (TPSA) is 38.0 Å². The van der Waals surface area contributed by atoms with E-state index in [1.807, 2.05) is 5.43 Å². The summed E-state index contributed by atoms with van der Waals surface area (Å²) in [6.45, 7) is 1.36. The highest BCUT2D eigenvalue weighted by Gasteiger charge is 2.28. The molecule has 0 aliphatic rings. The Morgan fingerprint density at radius 2 is 1.48 bits per heavy atom. The summed E-state index contributed by atoms with van der Waals surface area (Å²) in [5.74, 6) is -0.554. The molecule has 1 atom stereocenters. The summed E-state index contributed by atoms with van der Waals surface area (Å²) in [6.07, 6.45) is 0. The number of hydrogen-bond acceptors (Lipinski definition) is 2. The van der Waals surface area contributed by atoms with Crippen LogP contribution in [0.4, 0.5) is 22.0 Å². The summed E-state index contributed by atoms with van der Waals surface area (Å²) in [4.78, 5) is 0. The number of nitrogens with one attached hydrogen (secondary N) is 1. The quantitative estimate of drug-likeness (QED) is 0.519. The molecular formula is C14H11F5N2. The smallest absolute Gasteiger partial charge is 0.134 e. The van der Waals surface area contributed by atoms with Gasteiger partial charge < -0.3 is 0 Å². The summed E-state index contributed by atoms with van der Waals surface area (Å²) in [5, 5.41) is 0. The lowest BCUT2D eigenvalue weighted by Crippen LogP contribution is -2.32. The zero-order valence-corrected chi connectivity index (χ0v) is 10.9. The Balaban J connectivity index is 2.69. The second-order valence-corrected chi connectivity index (χ2v) is 4.47. The lowest BCUT2D eigenvalue weighted by atomic mass is 9.95. The molecule has 3 N–H and O–H groups in total. The summed E-state index contributed by atoms with van der Waals surface area (Å²) >= 11 is 0. The van der Waals surface area contributed by atoms with Crippen molar-refractivity contribution in [3.63, 3.8) is 0 Å². The van der Waals surface area contributed by atoms with E-state index in [2.05, 4.69) is 0 Å². The Kier molecular flexibility index (Phi) is 4.24. The monoisotopic (exact) mass is 302 g/mol. The Morgan fingerprint density at radius 3 is 2.00 bits per heavy atom. The molecule has 0 heterocycles. The number of hydrogen-bond donors (Lipinski definition) is 2. The van der Waals surface area contributed by atoms with Crippen molar-refractivity contribution < 1.29 is 22.0 Å². The van der Waals surface area contributed by atoms with Gasteiger partial charge in [0.15, 0.2) is 0 Å². The SMILES string of the molecule is Cc1ccc(F)c(C(NN)c2c(F)cc(F)cc2F)c1F. The fraction of sp³-hybridized carbons (Fsp3) is 0.143. The molecule has 112 valence electrons. The van der Waals surface area contributed by atoms with Crippen molar-refractivity contribution in [3.8, 4) is 0 Å². The molecule has 2 aromatic rings. The van der Waals surface area contributed by atoms with Crippen LogP contribution >= 0.6 is 0 Å². The van der Waals surface area contributed by atoms with Gasteiger partial charge in [-0.15, -0.1) is 0 Å². The molecule has 0 bridgehead atoms. The summed E-state index contributed by atoms with van der Waals surface area (Å²) in [7, 11) is 0. The van der Waals surface area contributed by atoms with Gasteiger partial charge in [0.25, 0.3) is 0 Å². The van der Waals surface area contributed by atoms with Crippen LogP contribution in [0.3, 0.4) is 0 Å². The molecule has 7 heteroatoms. The zero-order valence-electron chi connectivity index (χ0n) is 10.9. The molecule has 1 unspecified atom stereocenters. The summed E-state index contributed by atoms with van der Waals surface area (Å²) in [5.41, 5.74) is 0.642. The molecule has 0 saturated carbocycles. The van der Waals surface area contributed by atoms with Gasteiger partial charge in [-0.1, -0.05) is 6.07 Å². The molecule has 0 amide bonds. The van der Waals surface area contributed by atoms with E-state index in [0.29, 0.717) is 12.1 Å². The molecule has 0 aliphatic heterocycles. The third kappa shape index (κ3) is 2.74. The van der Waals surface area contributed by atoms with Crippen LogP contribution in [-0.2, 0) is 0 Å². The predicted molar refractivity (Wildman–Crippen MR) is 66.6 cm³/mol. The largest absolute Gasteiger partial charge is 0.271 e. The molecule has 0 fully saturated rings. The van der Waals surface area contributed by atoms with Crippen molar-refractivity contribution >= 4 is 0 Å². The normalized spacial score (nSPS) is 12.5. The van der Waals surface area contributed by atoms with Crippen LogP contribution in [0.5, 0.6) is 0 Å². The maximum absolute atomic E-state index is 14.1. The van der Waals surface area contributed by atoms with E-state index < -0.39 is 46.3 Å². The van der Waals surface area contributed by atoms with Crippen molar-refractivity contribution in [1.29, 1.82) is 0 Å². The van der Waals surface area contributed by atoms with E-state index in [1.165, 1.54) is 13.0 Å². The van der Waals surface area contributed by atoms with E-state index in [9.17, 15) is 22.0 Å². The van der Waals surface area contributed by atoms with Gasteiger partial charge in [0.1, 0.15) is 29.1 Å². The molecule has 0 spiro atoms. The molecule has 2 aromatic carbocycles. The fourth-order valence-electron chi connectivity index (χ4n) is 2.08. The number of hydrazine groups is 1. The maximum atomic E-state index is 14.1. The van der Waals surface area contributed by atoms with Gasteiger partial charge in [-0.2, -0.15) is 0 Å². The lowest BCUT2D eigenvalue weighted by molar-refractivity contribution is 0.463. The van der Waals surface area contributed by atoms with Crippen LogP contribution < -0.4 is 11.3 Å². The van der Waals surface area contributed by atoms with E-state index >= 15 is 0 Å². The Labute approximate surface area is 117 Å². The van der Waals surface area contributed by atoms with Gasteiger partial charge in [-0.05, 0) is 18.6 Å². The second-order valence-electron chi connectivity index (χ2n) is 4.47. The molecule has 0 radical (unpaired) electrons. The molecule has 2 rings (SSSR count). The third-order valence-electron chi connectivity index (χ3n) is 3.11. The van der Waals surface area contributed by atoms with Gasteiger partial charge in [-0.3, -0.25) is 5.84 Å². The third-order valence-corrected chi connectivity index (χ3v) is 3.11. The van der Waals surface area contributed by atoms with Crippen LogP contribution in [0.25, 0.3) is 0 Å².